The smallest absolute Gasteiger partial charge is 0.261 e. The van der Waals surface area contributed by atoms with Gasteiger partial charge in [0.1, 0.15) is 18.0 Å². The Labute approximate surface area is 201 Å². The van der Waals surface area contributed by atoms with E-state index in [0.717, 1.165) is 5.41 Å². The second-order valence-electron chi connectivity index (χ2n) is 7.27. The van der Waals surface area contributed by atoms with Crippen molar-refractivity contribution in [3.8, 4) is 0 Å². The van der Waals surface area contributed by atoms with Gasteiger partial charge in [-0.05, 0) is 37.3 Å². The predicted molar refractivity (Wildman–Crippen MR) is 132 cm³/mol. The van der Waals surface area contributed by atoms with Gasteiger partial charge in [0.05, 0.1) is 28.0 Å². The van der Waals surface area contributed by atoms with Gasteiger partial charge in [-0.1, -0.05) is 24.8 Å². The summed E-state index contributed by atoms with van der Waals surface area (Å²) in [6.07, 6.45) is 2.58. The van der Waals surface area contributed by atoms with Gasteiger partial charge in [-0.15, -0.1) is 0 Å². The molecule has 0 amide bonds. The highest BCUT2D eigenvalue weighted by Gasteiger charge is 2.18. The average molecular weight is 515 g/mol. The molecular formula is C22H19FN6O4S2. The summed E-state index contributed by atoms with van der Waals surface area (Å²) < 4.78 is 68.6. The third-order valence-electron chi connectivity index (χ3n) is 4.93. The molecule has 0 radical (unpaired) electrons. The molecular weight excluding hydrogens is 495 g/mol. The Balaban J connectivity index is 1.66. The van der Waals surface area contributed by atoms with E-state index in [0.29, 0.717) is 10.9 Å². The normalized spacial score (nSPS) is 11.7. The third-order valence-corrected chi connectivity index (χ3v) is 7.24. The topological polar surface area (TPSA) is 143 Å². The highest BCUT2D eigenvalue weighted by atomic mass is 32.2. The largest absolute Gasteiger partial charge is 0.337 e. The van der Waals surface area contributed by atoms with E-state index in [1.54, 1.807) is 18.2 Å². The summed E-state index contributed by atoms with van der Waals surface area (Å²) in [6.45, 7) is 4.67. The van der Waals surface area contributed by atoms with Gasteiger partial charge in [0.2, 0.25) is 0 Å². The Morgan fingerprint density at radius 2 is 1.66 bits per heavy atom. The summed E-state index contributed by atoms with van der Waals surface area (Å²) in [5.74, 6) is -0.517. The van der Waals surface area contributed by atoms with Crippen LogP contribution in [0.15, 0.2) is 77.9 Å². The first kappa shape index (κ1) is 24.0. The van der Waals surface area contributed by atoms with Crippen molar-refractivity contribution in [2.24, 2.45) is 0 Å². The molecule has 0 saturated carbocycles. The number of pyridine rings is 1. The van der Waals surface area contributed by atoms with Crippen LogP contribution in [0.4, 0.5) is 27.4 Å². The quantitative estimate of drug-likeness (QED) is 0.321. The molecule has 0 unspecified atom stereocenters. The SMILES string of the molecule is C=CS(=O)(=O)Nc1cc2c(Nc3ccc(NS(=O)(=O)c4ccccc4)c(C)c3F)ncnc2cn1. The first-order valence-corrected chi connectivity index (χ1v) is 13.0. The van der Waals surface area contributed by atoms with Gasteiger partial charge in [0.15, 0.2) is 5.82 Å². The summed E-state index contributed by atoms with van der Waals surface area (Å²) in [4.78, 5) is 12.3. The van der Waals surface area contributed by atoms with E-state index in [9.17, 15) is 16.8 Å². The van der Waals surface area contributed by atoms with Gasteiger partial charge in [-0.2, -0.15) is 0 Å². The summed E-state index contributed by atoms with van der Waals surface area (Å²) in [7, 11) is -7.69. The van der Waals surface area contributed by atoms with Crippen LogP contribution in [0, 0.1) is 12.7 Å². The Kier molecular flexibility index (Phi) is 6.37. The molecule has 2 aromatic heterocycles. The standard InChI is InChI=1S/C22H19FN6O4S2/c1-3-34(30,31)29-20-11-16-19(12-24-20)25-13-26-22(16)27-18-10-9-17(14(2)21(18)23)28-35(32,33)15-7-5-4-6-8-15/h3-13,28H,1H2,2H3,(H,24,29)(H,25,26,27). The predicted octanol–water partition coefficient (Wildman–Crippen LogP) is 3.90. The Morgan fingerprint density at radius 3 is 2.37 bits per heavy atom. The first-order chi connectivity index (χ1) is 16.6. The molecule has 0 bridgehead atoms. The van der Waals surface area contributed by atoms with Crippen molar-refractivity contribution in [1.29, 1.82) is 0 Å². The highest BCUT2D eigenvalue weighted by Crippen LogP contribution is 2.31. The van der Waals surface area contributed by atoms with Crippen molar-refractivity contribution < 1.29 is 21.2 Å². The number of hydrogen-bond acceptors (Lipinski definition) is 8. The van der Waals surface area contributed by atoms with E-state index in [1.807, 2.05) is 0 Å². The van der Waals surface area contributed by atoms with E-state index < -0.39 is 25.9 Å². The molecule has 13 heteroatoms. The van der Waals surface area contributed by atoms with E-state index in [1.165, 1.54) is 49.8 Å². The molecule has 4 aromatic rings. The number of hydrogen-bond donors (Lipinski definition) is 3. The molecule has 2 heterocycles. The van der Waals surface area contributed by atoms with Crippen molar-refractivity contribution in [3.05, 3.63) is 84.4 Å². The number of aromatic nitrogens is 3. The lowest BCUT2D eigenvalue weighted by molar-refractivity contribution is 0.600. The van der Waals surface area contributed by atoms with Gasteiger partial charge in [-0.3, -0.25) is 9.44 Å². The summed E-state index contributed by atoms with van der Waals surface area (Å²) in [6, 6.07) is 11.9. The number of sulfonamides is 2. The molecule has 4 rings (SSSR count). The van der Waals surface area contributed by atoms with Crippen molar-refractivity contribution in [2.75, 3.05) is 14.8 Å². The number of fused-ring (bicyclic) bond motifs is 1. The van der Waals surface area contributed by atoms with Gasteiger partial charge in [0, 0.05) is 16.4 Å². The molecule has 0 aliphatic carbocycles. The number of anilines is 4. The molecule has 0 saturated heterocycles. The minimum atomic E-state index is -3.90. The molecule has 2 aromatic carbocycles. The molecule has 35 heavy (non-hydrogen) atoms. The fourth-order valence-electron chi connectivity index (χ4n) is 3.12. The number of nitrogens with one attached hydrogen (secondary N) is 3. The lowest BCUT2D eigenvalue weighted by atomic mass is 10.1. The van der Waals surface area contributed by atoms with E-state index >= 15 is 4.39 Å². The second-order valence-corrected chi connectivity index (χ2v) is 10.6. The maximum atomic E-state index is 15.2. The van der Waals surface area contributed by atoms with Crippen molar-refractivity contribution >= 4 is 54.0 Å². The maximum Gasteiger partial charge on any atom is 0.261 e. The summed E-state index contributed by atoms with van der Waals surface area (Å²) in [5.41, 5.74) is 0.548. The fraction of sp³-hybridized carbons (Fsp3) is 0.0455. The molecule has 0 aliphatic rings. The lowest BCUT2D eigenvalue weighted by Gasteiger charge is -2.15. The van der Waals surface area contributed by atoms with Crippen LogP contribution in [0.5, 0.6) is 0 Å². The zero-order chi connectivity index (χ0) is 25.2. The molecule has 180 valence electrons. The van der Waals surface area contributed by atoms with Gasteiger partial charge >= 0.3 is 0 Å². The van der Waals surface area contributed by atoms with Gasteiger partial charge < -0.3 is 5.32 Å². The summed E-state index contributed by atoms with van der Waals surface area (Å²) >= 11 is 0. The molecule has 3 N–H and O–H groups in total. The zero-order valence-electron chi connectivity index (χ0n) is 18.2. The van der Waals surface area contributed by atoms with Crippen LogP contribution >= 0.6 is 0 Å². The van der Waals surface area contributed by atoms with Crippen LogP contribution in [0.2, 0.25) is 0 Å². The Morgan fingerprint density at radius 1 is 0.943 bits per heavy atom. The number of nitrogens with zero attached hydrogens (tertiary/aromatic N) is 3. The number of rotatable bonds is 8. The van der Waals surface area contributed by atoms with Crippen molar-refractivity contribution in [1.82, 2.24) is 15.0 Å². The Bertz CT molecular complexity index is 1650. The fourth-order valence-corrected chi connectivity index (χ4v) is 4.76. The second kappa shape index (κ2) is 9.27. The van der Waals surface area contributed by atoms with Gasteiger partial charge in [-0.25, -0.2) is 36.2 Å². The summed E-state index contributed by atoms with van der Waals surface area (Å²) in [5, 5.41) is 3.97. The number of halogens is 1. The van der Waals surface area contributed by atoms with Gasteiger partial charge in [0.25, 0.3) is 20.0 Å². The molecule has 0 spiro atoms. The molecule has 0 atom stereocenters. The van der Waals surface area contributed by atoms with Crippen molar-refractivity contribution in [2.45, 2.75) is 11.8 Å². The van der Waals surface area contributed by atoms with Crippen LogP contribution < -0.4 is 14.8 Å². The van der Waals surface area contributed by atoms with Crippen LogP contribution in [0.3, 0.4) is 0 Å². The van der Waals surface area contributed by atoms with E-state index in [-0.39, 0.29) is 33.5 Å². The lowest BCUT2D eigenvalue weighted by Crippen LogP contribution is -2.14. The van der Waals surface area contributed by atoms with Crippen LogP contribution in [-0.2, 0) is 20.0 Å². The monoisotopic (exact) mass is 514 g/mol. The van der Waals surface area contributed by atoms with E-state index in [2.05, 4.69) is 36.3 Å². The maximum absolute atomic E-state index is 15.2. The first-order valence-electron chi connectivity index (χ1n) is 9.99. The number of benzene rings is 2. The van der Waals surface area contributed by atoms with Crippen LogP contribution in [0.25, 0.3) is 10.9 Å². The molecule has 0 aliphatic heterocycles. The minimum Gasteiger partial charge on any atom is -0.337 e. The Hall–Kier alpha value is -4.10. The van der Waals surface area contributed by atoms with Crippen LogP contribution in [0.1, 0.15) is 5.56 Å². The molecule has 0 fully saturated rings. The van der Waals surface area contributed by atoms with Crippen LogP contribution in [-0.4, -0.2) is 31.8 Å². The zero-order valence-corrected chi connectivity index (χ0v) is 19.9. The highest BCUT2D eigenvalue weighted by molar-refractivity contribution is 7.95. The minimum absolute atomic E-state index is 0.00225. The average Bonchev–Trinajstić information content (AvgIpc) is 2.84. The third kappa shape index (κ3) is 5.20. The van der Waals surface area contributed by atoms with E-state index in [4.69, 9.17) is 0 Å². The van der Waals surface area contributed by atoms with Crippen molar-refractivity contribution in [3.63, 3.8) is 0 Å². The molecule has 10 nitrogen and oxygen atoms in total.